The third-order valence-electron chi connectivity index (χ3n) is 2.31. The van der Waals surface area contributed by atoms with E-state index < -0.39 is 0 Å². The normalized spacial score (nSPS) is 28.0. The van der Waals surface area contributed by atoms with E-state index in [2.05, 4.69) is 31.7 Å². The zero-order valence-corrected chi connectivity index (χ0v) is 8.00. The summed E-state index contributed by atoms with van der Waals surface area (Å²) in [5.41, 5.74) is 3.21. The van der Waals surface area contributed by atoms with E-state index in [0.29, 0.717) is 0 Å². The second kappa shape index (κ2) is 2.71. The van der Waals surface area contributed by atoms with Gasteiger partial charge in [0.15, 0.2) is 0 Å². The predicted molar refractivity (Wildman–Crippen MR) is 51.7 cm³/mol. The van der Waals surface area contributed by atoms with Crippen LogP contribution in [0.25, 0.3) is 0 Å². The van der Waals surface area contributed by atoms with Crippen molar-refractivity contribution in [3.05, 3.63) is 22.1 Å². The van der Waals surface area contributed by atoms with Crippen LogP contribution in [0.5, 0.6) is 0 Å². The molecule has 60 valence electrons. The van der Waals surface area contributed by atoms with E-state index in [1.165, 1.54) is 24.8 Å². The van der Waals surface area contributed by atoms with Crippen LogP contribution in [0.4, 0.5) is 0 Å². The van der Waals surface area contributed by atoms with Gasteiger partial charge in [-0.2, -0.15) is 0 Å². The van der Waals surface area contributed by atoms with Gasteiger partial charge in [-0.1, -0.05) is 11.6 Å². The summed E-state index contributed by atoms with van der Waals surface area (Å²) in [4.78, 5) is 1.70. The van der Waals surface area contributed by atoms with Crippen molar-refractivity contribution in [3.63, 3.8) is 0 Å². The fourth-order valence-corrected chi connectivity index (χ4v) is 3.28. The van der Waals surface area contributed by atoms with E-state index in [9.17, 15) is 0 Å². The number of allylic oxidation sites excluding steroid dienone is 2. The van der Waals surface area contributed by atoms with Crippen molar-refractivity contribution in [3.8, 4) is 0 Å². The summed E-state index contributed by atoms with van der Waals surface area (Å²) >= 11 is 2.08. The van der Waals surface area contributed by atoms with Crippen molar-refractivity contribution in [2.45, 2.75) is 38.4 Å². The van der Waals surface area contributed by atoms with Gasteiger partial charge in [0.2, 0.25) is 0 Å². The van der Waals surface area contributed by atoms with Gasteiger partial charge in [0.1, 0.15) is 0 Å². The van der Waals surface area contributed by atoms with Gasteiger partial charge in [0.25, 0.3) is 0 Å². The molecule has 1 aliphatic carbocycles. The predicted octanol–water partition coefficient (Wildman–Crippen LogP) is 3.51. The molecule has 1 heteroatoms. The quantitative estimate of drug-likeness (QED) is 0.537. The molecule has 2 rings (SSSR count). The minimum absolute atomic E-state index is 0.762. The molecule has 0 saturated heterocycles. The SMILES string of the molecule is CC(C)=CC1SC2=C1CCC2. The topological polar surface area (TPSA) is 0 Å². The third kappa shape index (κ3) is 1.26. The fourth-order valence-electron chi connectivity index (χ4n) is 1.78. The van der Waals surface area contributed by atoms with Crippen molar-refractivity contribution >= 4 is 11.8 Å². The molecule has 0 N–H and O–H groups in total. The molecule has 1 atom stereocenters. The van der Waals surface area contributed by atoms with Crippen LogP contribution in [0, 0.1) is 0 Å². The molecule has 1 unspecified atom stereocenters. The maximum Gasteiger partial charge on any atom is 0.0494 e. The van der Waals surface area contributed by atoms with E-state index in [1.54, 1.807) is 10.5 Å². The van der Waals surface area contributed by atoms with Gasteiger partial charge in [-0.15, -0.1) is 11.8 Å². The van der Waals surface area contributed by atoms with Gasteiger partial charge >= 0.3 is 0 Å². The molecule has 0 spiro atoms. The van der Waals surface area contributed by atoms with E-state index in [-0.39, 0.29) is 0 Å². The fraction of sp³-hybridized carbons (Fsp3) is 0.600. The lowest BCUT2D eigenvalue weighted by Crippen LogP contribution is -2.11. The first-order valence-corrected chi connectivity index (χ1v) is 5.19. The Bertz CT molecular complexity index is 231. The third-order valence-corrected chi connectivity index (χ3v) is 3.73. The summed E-state index contributed by atoms with van der Waals surface area (Å²) in [7, 11) is 0. The lowest BCUT2D eigenvalue weighted by atomic mass is 10.1. The molecule has 0 radical (unpaired) electrons. The van der Waals surface area contributed by atoms with Crippen molar-refractivity contribution in [2.75, 3.05) is 0 Å². The number of rotatable bonds is 1. The molecule has 2 aliphatic rings. The summed E-state index contributed by atoms with van der Waals surface area (Å²) in [6.07, 6.45) is 6.55. The number of thioether (sulfide) groups is 1. The zero-order valence-electron chi connectivity index (χ0n) is 7.18. The molecule has 0 aromatic heterocycles. The molecule has 0 bridgehead atoms. The van der Waals surface area contributed by atoms with Crippen molar-refractivity contribution in [1.82, 2.24) is 0 Å². The van der Waals surface area contributed by atoms with E-state index >= 15 is 0 Å². The van der Waals surface area contributed by atoms with Gasteiger partial charge in [-0.3, -0.25) is 0 Å². The summed E-state index contributed by atoms with van der Waals surface area (Å²) in [6, 6.07) is 0. The molecule has 0 nitrogen and oxygen atoms in total. The molecular formula is C10H14S. The molecule has 1 heterocycles. The molecule has 0 aromatic carbocycles. The highest BCUT2D eigenvalue weighted by Crippen LogP contribution is 2.51. The van der Waals surface area contributed by atoms with E-state index in [1.807, 2.05) is 0 Å². The minimum atomic E-state index is 0.762. The average Bonchev–Trinajstić information content (AvgIpc) is 2.26. The summed E-state index contributed by atoms with van der Waals surface area (Å²) in [5, 5.41) is 0.762. The number of hydrogen-bond donors (Lipinski definition) is 0. The van der Waals surface area contributed by atoms with Crippen molar-refractivity contribution in [2.24, 2.45) is 0 Å². The average molecular weight is 166 g/mol. The summed E-state index contributed by atoms with van der Waals surface area (Å²) < 4.78 is 0. The molecule has 0 aromatic rings. The molecule has 0 saturated carbocycles. The maximum atomic E-state index is 2.40. The highest BCUT2D eigenvalue weighted by Gasteiger charge is 2.31. The van der Waals surface area contributed by atoms with Crippen LogP contribution in [0.15, 0.2) is 22.1 Å². The van der Waals surface area contributed by atoms with Crippen molar-refractivity contribution < 1.29 is 0 Å². The Morgan fingerprint density at radius 1 is 1.45 bits per heavy atom. The Labute approximate surface area is 72.8 Å². The highest BCUT2D eigenvalue weighted by molar-refractivity contribution is 8.05. The van der Waals surface area contributed by atoms with Crippen LogP contribution in [0.3, 0.4) is 0 Å². The van der Waals surface area contributed by atoms with Gasteiger partial charge in [-0.05, 0) is 43.6 Å². The largest absolute Gasteiger partial charge is 0.118 e. The molecule has 1 aliphatic heterocycles. The lowest BCUT2D eigenvalue weighted by Gasteiger charge is -2.26. The zero-order chi connectivity index (χ0) is 7.84. The standard InChI is InChI=1S/C10H14S/c1-7(2)6-10-8-4-3-5-9(8)11-10/h6,10H,3-5H2,1-2H3. The maximum absolute atomic E-state index is 2.40. The first-order valence-electron chi connectivity index (χ1n) is 4.31. The molecule has 0 amide bonds. The smallest absolute Gasteiger partial charge is 0.0494 e. The Balaban J connectivity index is 2.08. The molecular weight excluding hydrogens is 152 g/mol. The van der Waals surface area contributed by atoms with Crippen LogP contribution in [0.2, 0.25) is 0 Å². The number of hydrogen-bond acceptors (Lipinski definition) is 1. The van der Waals surface area contributed by atoms with Gasteiger partial charge in [0, 0.05) is 5.25 Å². The Morgan fingerprint density at radius 3 is 2.91 bits per heavy atom. The van der Waals surface area contributed by atoms with Crippen LogP contribution in [0.1, 0.15) is 33.1 Å². The highest BCUT2D eigenvalue weighted by atomic mass is 32.2. The molecule has 0 fully saturated rings. The minimum Gasteiger partial charge on any atom is -0.118 e. The monoisotopic (exact) mass is 166 g/mol. The van der Waals surface area contributed by atoms with Crippen LogP contribution < -0.4 is 0 Å². The van der Waals surface area contributed by atoms with E-state index in [4.69, 9.17) is 0 Å². The second-order valence-corrected chi connectivity index (χ2v) is 4.82. The van der Waals surface area contributed by atoms with Gasteiger partial charge in [-0.25, -0.2) is 0 Å². The Kier molecular flexibility index (Phi) is 1.84. The second-order valence-electron chi connectivity index (χ2n) is 3.58. The van der Waals surface area contributed by atoms with E-state index in [0.717, 1.165) is 5.25 Å². The van der Waals surface area contributed by atoms with Crippen LogP contribution in [-0.4, -0.2) is 5.25 Å². The summed E-state index contributed by atoms with van der Waals surface area (Å²) in [5.74, 6) is 0. The summed E-state index contributed by atoms with van der Waals surface area (Å²) in [6.45, 7) is 4.38. The van der Waals surface area contributed by atoms with Crippen molar-refractivity contribution in [1.29, 1.82) is 0 Å². The van der Waals surface area contributed by atoms with Crippen LogP contribution >= 0.6 is 11.8 Å². The Morgan fingerprint density at radius 2 is 2.27 bits per heavy atom. The molecule has 11 heavy (non-hydrogen) atoms. The van der Waals surface area contributed by atoms with Gasteiger partial charge < -0.3 is 0 Å². The Hall–Kier alpha value is -0.170. The lowest BCUT2D eigenvalue weighted by molar-refractivity contribution is 0.900. The first kappa shape index (κ1) is 7.48. The van der Waals surface area contributed by atoms with Gasteiger partial charge in [0.05, 0.1) is 0 Å². The first-order chi connectivity index (χ1) is 5.27. The van der Waals surface area contributed by atoms with Crippen LogP contribution in [-0.2, 0) is 0 Å².